The van der Waals surface area contributed by atoms with Crippen molar-refractivity contribution in [2.24, 2.45) is 7.05 Å². The number of hydrogen-bond acceptors (Lipinski definition) is 2. The molecule has 0 saturated heterocycles. The fraction of sp³-hybridized carbons (Fsp3) is 0.286. The Morgan fingerprint density at radius 3 is 2.55 bits per heavy atom. The number of aromatic nitrogens is 1. The zero-order valence-electron chi connectivity index (χ0n) is 6.37. The number of aromatic hydroxyl groups is 1. The lowest BCUT2D eigenvalue weighted by molar-refractivity contribution is 0.457. The van der Waals surface area contributed by atoms with Gasteiger partial charge in [-0.2, -0.15) is 0 Å². The van der Waals surface area contributed by atoms with Gasteiger partial charge in [-0.3, -0.25) is 4.79 Å². The van der Waals surface area contributed by atoms with Gasteiger partial charge in [-0.25, -0.2) is 0 Å². The van der Waals surface area contributed by atoms with Crippen LogP contribution in [-0.4, -0.2) is 9.67 Å². The van der Waals surface area contributed by atoms with E-state index in [0.717, 1.165) is 0 Å². The van der Waals surface area contributed by atoms with E-state index in [1.165, 1.54) is 6.07 Å². The summed E-state index contributed by atoms with van der Waals surface area (Å²) in [4.78, 5) is 10.7. The maximum atomic E-state index is 10.7. The van der Waals surface area contributed by atoms with Crippen LogP contribution in [0.3, 0.4) is 0 Å². The summed E-state index contributed by atoms with van der Waals surface area (Å²) < 4.78 is 1.69. The molecule has 0 amide bonds. The smallest absolute Gasteiger partial charge is 0.223 e. The normalized spacial score (nSPS) is 8.91. The van der Waals surface area contributed by atoms with Gasteiger partial charge < -0.3 is 9.67 Å². The van der Waals surface area contributed by atoms with Crippen molar-refractivity contribution in [3.63, 3.8) is 0 Å². The van der Waals surface area contributed by atoms with Gasteiger partial charge in [-0.05, 0) is 6.92 Å². The van der Waals surface area contributed by atoms with Crippen molar-refractivity contribution < 1.29 is 5.11 Å². The predicted molar refractivity (Wildman–Crippen MR) is 45.3 cm³/mol. The van der Waals surface area contributed by atoms with E-state index in [1.807, 2.05) is 0 Å². The molecule has 0 aliphatic heterocycles. The molecule has 1 aromatic heterocycles. The number of aryl methyl sites for hydroxylation is 1. The molecular formula is C7H10ClNO2. The molecule has 3 nitrogen and oxygen atoms in total. The molecule has 1 heterocycles. The molecular weight excluding hydrogens is 166 g/mol. The number of halogens is 1. The molecule has 1 N–H and O–H groups in total. The minimum absolute atomic E-state index is 0. The van der Waals surface area contributed by atoms with Crippen LogP contribution in [0.25, 0.3) is 0 Å². The molecule has 0 atom stereocenters. The van der Waals surface area contributed by atoms with E-state index < -0.39 is 0 Å². The minimum atomic E-state index is -0.324. The van der Waals surface area contributed by atoms with E-state index in [2.05, 4.69) is 0 Å². The number of rotatable bonds is 0. The fourth-order valence-corrected chi connectivity index (χ4v) is 0.716. The van der Waals surface area contributed by atoms with Crippen LogP contribution in [-0.2, 0) is 7.05 Å². The second-order valence-electron chi connectivity index (χ2n) is 2.22. The highest BCUT2D eigenvalue weighted by Crippen LogP contribution is 2.06. The van der Waals surface area contributed by atoms with Crippen LogP contribution in [0, 0.1) is 6.92 Å². The molecule has 0 aliphatic carbocycles. The quantitative estimate of drug-likeness (QED) is 0.635. The lowest BCUT2D eigenvalue weighted by atomic mass is 10.3. The van der Waals surface area contributed by atoms with Crippen molar-refractivity contribution in [2.45, 2.75) is 6.92 Å². The first-order valence-electron chi connectivity index (χ1n) is 2.98. The van der Waals surface area contributed by atoms with E-state index in [0.29, 0.717) is 5.69 Å². The van der Waals surface area contributed by atoms with Crippen molar-refractivity contribution in [3.05, 3.63) is 28.2 Å². The van der Waals surface area contributed by atoms with Gasteiger partial charge in [0.25, 0.3) is 0 Å². The van der Waals surface area contributed by atoms with Crippen molar-refractivity contribution in [1.29, 1.82) is 0 Å². The van der Waals surface area contributed by atoms with Crippen molar-refractivity contribution in [2.75, 3.05) is 0 Å². The number of pyridine rings is 1. The largest absolute Gasteiger partial charge is 0.503 e. The highest BCUT2D eigenvalue weighted by molar-refractivity contribution is 5.85. The number of hydrogen-bond donors (Lipinski definition) is 1. The Balaban J connectivity index is 0.000001000. The molecule has 4 heteroatoms. The molecule has 0 bridgehead atoms. The Morgan fingerprint density at radius 1 is 1.55 bits per heavy atom. The average molecular weight is 176 g/mol. The third-order valence-corrected chi connectivity index (χ3v) is 1.55. The third-order valence-electron chi connectivity index (χ3n) is 1.55. The standard InChI is InChI=1S/C7H9NO2.ClH/c1-5-7(10)6(9)3-4-8(5)2;/h3-4,10H,1-2H3;1H. The summed E-state index contributed by atoms with van der Waals surface area (Å²) in [5, 5.41) is 9.05. The van der Waals surface area contributed by atoms with Gasteiger partial charge in [0.1, 0.15) is 0 Å². The molecule has 0 aliphatic rings. The van der Waals surface area contributed by atoms with Crippen molar-refractivity contribution in [1.82, 2.24) is 4.57 Å². The summed E-state index contributed by atoms with van der Waals surface area (Å²) in [6.07, 6.45) is 1.62. The van der Waals surface area contributed by atoms with Crippen LogP contribution in [0.1, 0.15) is 5.69 Å². The molecule has 0 aromatic carbocycles. The van der Waals surface area contributed by atoms with Crippen LogP contribution in [0.5, 0.6) is 5.75 Å². The van der Waals surface area contributed by atoms with Gasteiger partial charge in [0.2, 0.25) is 5.43 Å². The van der Waals surface area contributed by atoms with Gasteiger partial charge >= 0.3 is 0 Å². The Morgan fingerprint density at radius 2 is 2.09 bits per heavy atom. The third kappa shape index (κ3) is 1.74. The first kappa shape index (κ1) is 10.0. The van der Waals surface area contributed by atoms with E-state index >= 15 is 0 Å². The topological polar surface area (TPSA) is 42.2 Å². The second kappa shape index (κ2) is 3.44. The highest BCUT2D eigenvalue weighted by Gasteiger charge is 2.00. The Labute approximate surface area is 70.7 Å². The van der Waals surface area contributed by atoms with E-state index in [4.69, 9.17) is 5.11 Å². The first-order chi connectivity index (χ1) is 4.63. The van der Waals surface area contributed by atoms with Crippen molar-refractivity contribution >= 4 is 12.4 Å². The average Bonchev–Trinajstić information content (AvgIpc) is 1.93. The molecule has 1 rings (SSSR count). The van der Waals surface area contributed by atoms with Gasteiger partial charge in [0.05, 0.1) is 5.69 Å². The van der Waals surface area contributed by atoms with Crippen molar-refractivity contribution in [3.8, 4) is 5.75 Å². The van der Waals surface area contributed by atoms with Crippen LogP contribution >= 0.6 is 12.4 Å². The van der Waals surface area contributed by atoms with Gasteiger partial charge in [-0.15, -0.1) is 12.4 Å². The van der Waals surface area contributed by atoms with Gasteiger partial charge in [-0.1, -0.05) is 0 Å². The molecule has 1 aromatic rings. The van der Waals surface area contributed by atoms with Crippen LogP contribution < -0.4 is 5.43 Å². The summed E-state index contributed by atoms with van der Waals surface area (Å²) in [5.41, 5.74) is 0.267. The lowest BCUT2D eigenvalue weighted by Crippen LogP contribution is -2.06. The first-order valence-corrected chi connectivity index (χ1v) is 2.98. The Kier molecular flexibility index (Phi) is 3.14. The van der Waals surface area contributed by atoms with E-state index in [1.54, 1.807) is 24.7 Å². The Hall–Kier alpha value is -0.960. The van der Waals surface area contributed by atoms with Gasteiger partial charge in [0, 0.05) is 19.3 Å². The van der Waals surface area contributed by atoms with Crippen LogP contribution in [0.4, 0.5) is 0 Å². The fourth-order valence-electron chi connectivity index (χ4n) is 0.716. The molecule has 11 heavy (non-hydrogen) atoms. The molecule has 0 unspecified atom stereocenters. The predicted octanol–water partition coefficient (Wildman–Crippen LogP) is 0.821. The summed E-state index contributed by atoms with van der Waals surface area (Å²) in [7, 11) is 1.77. The van der Waals surface area contributed by atoms with Crippen LogP contribution in [0.2, 0.25) is 0 Å². The molecule has 0 spiro atoms. The minimum Gasteiger partial charge on any atom is -0.503 e. The number of nitrogens with zero attached hydrogens (tertiary/aromatic N) is 1. The summed E-state index contributed by atoms with van der Waals surface area (Å²) in [6, 6.07) is 1.34. The van der Waals surface area contributed by atoms with E-state index in [-0.39, 0.29) is 23.6 Å². The molecule has 0 fully saturated rings. The Bertz CT molecular complexity index is 306. The van der Waals surface area contributed by atoms with Gasteiger partial charge in [0.15, 0.2) is 5.75 Å². The zero-order valence-corrected chi connectivity index (χ0v) is 7.18. The van der Waals surface area contributed by atoms with E-state index in [9.17, 15) is 4.79 Å². The summed E-state index contributed by atoms with van der Waals surface area (Å²) >= 11 is 0. The SMILES string of the molecule is Cc1c(O)c(=O)ccn1C.Cl. The molecule has 0 saturated carbocycles. The maximum absolute atomic E-state index is 10.7. The molecule has 62 valence electrons. The zero-order chi connectivity index (χ0) is 7.72. The monoisotopic (exact) mass is 175 g/mol. The summed E-state index contributed by atoms with van der Waals surface area (Å²) in [6.45, 7) is 1.69. The highest BCUT2D eigenvalue weighted by atomic mass is 35.5. The second-order valence-corrected chi connectivity index (χ2v) is 2.22. The maximum Gasteiger partial charge on any atom is 0.223 e. The molecule has 0 radical (unpaired) electrons. The summed E-state index contributed by atoms with van der Waals surface area (Å²) in [5.74, 6) is -0.162. The van der Waals surface area contributed by atoms with Crippen LogP contribution in [0.15, 0.2) is 17.1 Å². The lowest BCUT2D eigenvalue weighted by Gasteiger charge is -2.02.